The minimum absolute atomic E-state index is 0.0156. The van der Waals surface area contributed by atoms with E-state index in [9.17, 15) is 14.4 Å². The number of ether oxygens (including phenoxy) is 1. The summed E-state index contributed by atoms with van der Waals surface area (Å²) in [5.41, 5.74) is 0.0697. The molecule has 0 aliphatic heterocycles. The summed E-state index contributed by atoms with van der Waals surface area (Å²) >= 11 is 1.09. The minimum Gasteiger partial charge on any atom is -0.478 e. The van der Waals surface area contributed by atoms with Crippen LogP contribution in [-0.4, -0.2) is 40.4 Å². The third-order valence-electron chi connectivity index (χ3n) is 1.85. The number of carboxylic acid groups (broad SMARTS) is 1. The van der Waals surface area contributed by atoms with Crippen LogP contribution < -0.4 is 5.32 Å². The molecule has 0 unspecified atom stereocenters. The highest BCUT2D eigenvalue weighted by atomic mass is 32.2. The van der Waals surface area contributed by atoms with Crippen molar-refractivity contribution in [3.63, 3.8) is 0 Å². The molecule has 8 heteroatoms. The van der Waals surface area contributed by atoms with E-state index in [-0.39, 0.29) is 17.9 Å². The standard InChI is InChI=1S/C11H12N2O5S/c1-2-18-11(17)13-8(14)6-19-9-4-3-7(5-12-9)10(15)16/h3-5H,2,6H2,1H3,(H,15,16)(H,13,14,17). The van der Waals surface area contributed by atoms with Crippen LogP contribution in [0.4, 0.5) is 4.79 Å². The molecule has 0 aliphatic rings. The third kappa shape index (κ3) is 5.38. The number of alkyl carbamates (subject to hydrolysis) is 1. The van der Waals surface area contributed by atoms with E-state index < -0.39 is 18.0 Å². The van der Waals surface area contributed by atoms with Crippen molar-refractivity contribution in [2.75, 3.05) is 12.4 Å². The van der Waals surface area contributed by atoms with Crippen molar-refractivity contribution in [2.45, 2.75) is 11.9 Å². The predicted molar refractivity (Wildman–Crippen MR) is 67.1 cm³/mol. The Labute approximate surface area is 113 Å². The molecular weight excluding hydrogens is 272 g/mol. The van der Waals surface area contributed by atoms with E-state index in [2.05, 4.69) is 9.72 Å². The van der Waals surface area contributed by atoms with Gasteiger partial charge in [0.2, 0.25) is 5.91 Å². The van der Waals surface area contributed by atoms with E-state index >= 15 is 0 Å². The number of carbonyl (C=O) groups is 3. The number of amides is 2. The summed E-state index contributed by atoms with van der Waals surface area (Å²) in [6, 6.07) is 2.88. The number of imide groups is 1. The molecular formula is C11H12N2O5S. The van der Waals surface area contributed by atoms with Crippen LogP contribution in [0.5, 0.6) is 0 Å². The van der Waals surface area contributed by atoms with Crippen LogP contribution in [0.1, 0.15) is 17.3 Å². The molecule has 0 aliphatic carbocycles. The first kappa shape index (κ1) is 15.0. The Bertz CT molecular complexity index is 474. The molecule has 0 atom stereocenters. The fourth-order valence-corrected chi connectivity index (χ4v) is 1.69. The minimum atomic E-state index is -1.07. The van der Waals surface area contributed by atoms with Gasteiger partial charge in [-0.25, -0.2) is 14.6 Å². The number of rotatable bonds is 5. The van der Waals surface area contributed by atoms with Crippen molar-refractivity contribution in [1.82, 2.24) is 10.3 Å². The van der Waals surface area contributed by atoms with Crippen molar-refractivity contribution >= 4 is 29.7 Å². The Hall–Kier alpha value is -2.09. The van der Waals surface area contributed by atoms with Crippen molar-refractivity contribution in [2.24, 2.45) is 0 Å². The van der Waals surface area contributed by atoms with Gasteiger partial charge in [0, 0.05) is 6.20 Å². The van der Waals surface area contributed by atoms with E-state index in [0.29, 0.717) is 5.03 Å². The van der Waals surface area contributed by atoms with Gasteiger partial charge < -0.3 is 9.84 Å². The van der Waals surface area contributed by atoms with Gasteiger partial charge in [-0.2, -0.15) is 0 Å². The number of carbonyl (C=O) groups excluding carboxylic acids is 2. The second kappa shape index (κ2) is 7.37. The molecule has 2 amide bonds. The zero-order chi connectivity index (χ0) is 14.3. The largest absolute Gasteiger partial charge is 0.478 e. The lowest BCUT2D eigenvalue weighted by Crippen LogP contribution is -2.32. The summed E-state index contributed by atoms with van der Waals surface area (Å²) in [5, 5.41) is 11.2. The highest BCUT2D eigenvalue weighted by Crippen LogP contribution is 2.14. The van der Waals surface area contributed by atoms with Gasteiger partial charge in [-0.1, -0.05) is 11.8 Å². The summed E-state index contributed by atoms with van der Waals surface area (Å²) in [4.78, 5) is 36.7. The first-order chi connectivity index (χ1) is 9.02. The van der Waals surface area contributed by atoms with Gasteiger partial charge in [-0.05, 0) is 19.1 Å². The summed E-state index contributed by atoms with van der Waals surface area (Å²) < 4.78 is 4.55. The van der Waals surface area contributed by atoms with Gasteiger partial charge >= 0.3 is 12.1 Å². The smallest absolute Gasteiger partial charge is 0.413 e. The van der Waals surface area contributed by atoms with Crippen LogP contribution in [0.25, 0.3) is 0 Å². The second-order valence-corrected chi connectivity index (χ2v) is 4.24. The Morgan fingerprint density at radius 2 is 2.16 bits per heavy atom. The van der Waals surface area contributed by atoms with Crippen LogP contribution in [0, 0.1) is 0 Å². The highest BCUT2D eigenvalue weighted by molar-refractivity contribution is 7.99. The molecule has 0 radical (unpaired) electrons. The molecule has 0 saturated carbocycles. The van der Waals surface area contributed by atoms with Gasteiger partial charge in [-0.3, -0.25) is 10.1 Å². The summed E-state index contributed by atoms with van der Waals surface area (Å²) in [6.07, 6.45) is 0.413. The fraction of sp³-hybridized carbons (Fsp3) is 0.273. The van der Waals surface area contributed by atoms with E-state index in [1.807, 2.05) is 5.32 Å². The number of pyridine rings is 1. The Morgan fingerprint density at radius 3 is 2.68 bits per heavy atom. The average Bonchev–Trinajstić information content (AvgIpc) is 2.37. The van der Waals surface area contributed by atoms with Crippen molar-refractivity contribution < 1.29 is 24.2 Å². The van der Waals surface area contributed by atoms with Crippen molar-refractivity contribution in [3.8, 4) is 0 Å². The number of nitrogens with one attached hydrogen (secondary N) is 1. The number of nitrogens with zero attached hydrogens (tertiary/aromatic N) is 1. The number of hydrogen-bond donors (Lipinski definition) is 2. The number of aromatic nitrogens is 1. The maximum atomic E-state index is 11.3. The zero-order valence-corrected chi connectivity index (χ0v) is 10.9. The monoisotopic (exact) mass is 284 g/mol. The summed E-state index contributed by atoms with van der Waals surface area (Å²) in [7, 11) is 0. The highest BCUT2D eigenvalue weighted by Gasteiger charge is 2.09. The maximum absolute atomic E-state index is 11.3. The van der Waals surface area contributed by atoms with Crippen molar-refractivity contribution in [3.05, 3.63) is 23.9 Å². The molecule has 1 heterocycles. The lowest BCUT2D eigenvalue weighted by Gasteiger charge is -2.03. The summed E-state index contributed by atoms with van der Waals surface area (Å²) in [5.74, 6) is -1.59. The average molecular weight is 284 g/mol. The molecule has 102 valence electrons. The number of aromatic carboxylic acids is 1. The third-order valence-corrected chi connectivity index (χ3v) is 2.80. The van der Waals surface area contributed by atoms with Crippen LogP contribution in [0.3, 0.4) is 0 Å². The molecule has 0 saturated heterocycles. The second-order valence-electron chi connectivity index (χ2n) is 3.25. The molecule has 0 spiro atoms. The molecule has 1 rings (SSSR count). The quantitative estimate of drug-likeness (QED) is 0.781. The molecule has 2 N–H and O–H groups in total. The number of thioether (sulfide) groups is 1. The lowest BCUT2D eigenvalue weighted by atomic mass is 10.3. The van der Waals surface area contributed by atoms with Gasteiger partial charge in [-0.15, -0.1) is 0 Å². The van der Waals surface area contributed by atoms with Gasteiger partial charge in [0.05, 0.1) is 22.9 Å². The van der Waals surface area contributed by atoms with Gasteiger partial charge in [0.1, 0.15) is 0 Å². The Balaban J connectivity index is 2.42. The van der Waals surface area contributed by atoms with E-state index in [1.165, 1.54) is 18.3 Å². The van der Waals surface area contributed by atoms with Crippen LogP contribution in [0.15, 0.2) is 23.4 Å². The molecule has 0 aromatic carbocycles. The van der Waals surface area contributed by atoms with Gasteiger partial charge in [0.15, 0.2) is 0 Å². The van der Waals surface area contributed by atoms with Crippen LogP contribution >= 0.6 is 11.8 Å². The molecule has 1 aromatic rings. The summed E-state index contributed by atoms with van der Waals surface area (Å²) in [6.45, 7) is 1.82. The SMILES string of the molecule is CCOC(=O)NC(=O)CSc1ccc(C(=O)O)cn1. The Kier molecular flexibility index (Phi) is 5.80. The molecule has 19 heavy (non-hydrogen) atoms. The van der Waals surface area contributed by atoms with Crippen LogP contribution in [0.2, 0.25) is 0 Å². The van der Waals surface area contributed by atoms with E-state index in [0.717, 1.165) is 11.8 Å². The Morgan fingerprint density at radius 1 is 1.42 bits per heavy atom. The van der Waals surface area contributed by atoms with Gasteiger partial charge in [0.25, 0.3) is 0 Å². The normalized spacial score (nSPS) is 9.74. The maximum Gasteiger partial charge on any atom is 0.413 e. The van der Waals surface area contributed by atoms with Crippen LogP contribution in [-0.2, 0) is 9.53 Å². The molecule has 1 aromatic heterocycles. The number of hydrogen-bond acceptors (Lipinski definition) is 6. The molecule has 0 bridgehead atoms. The molecule has 0 fully saturated rings. The predicted octanol–water partition coefficient (Wildman–Crippen LogP) is 1.14. The molecule has 7 nitrogen and oxygen atoms in total. The zero-order valence-electron chi connectivity index (χ0n) is 10.1. The fourth-order valence-electron chi connectivity index (χ4n) is 1.05. The van der Waals surface area contributed by atoms with Crippen molar-refractivity contribution in [1.29, 1.82) is 0 Å². The first-order valence-electron chi connectivity index (χ1n) is 5.31. The topological polar surface area (TPSA) is 106 Å². The van der Waals surface area contributed by atoms with E-state index in [4.69, 9.17) is 5.11 Å². The van der Waals surface area contributed by atoms with E-state index in [1.54, 1.807) is 6.92 Å². The number of carboxylic acids is 1. The lowest BCUT2D eigenvalue weighted by molar-refractivity contribution is -0.117. The first-order valence-corrected chi connectivity index (χ1v) is 6.30.